The van der Waals surface area contributed by atoms with Crippen LogP contribution in [0.25, 0.3) is 0 Å². The Labute approximate surface area is 109 Å². The van der Waals surface area contributed by atoms with Crippen LogP contribution in [0, 0.1) is 6.92 Å². The molecule has 100 valence electrons. The van der Waals surface area contributed by atoms with E-state index in [1.54, 1.807) is 12.1 Å². The lowest BCUT2D eigenvalue weighted by molar-refractivity contribution is 0.0952. The minimum Gasteiger partial charge on any atom is -0.352 e. The fraction of sp³-hybridized carbons (Fsp3) is 0.417. The van der Waals surface area contributed by atoms with Crippen molar-refractivity contribution in [2.24, 2.45) is 0 Å². The molecule has 0 spiro atoms. The maximum atomic E-state index is 11.7. The summed E-state index contributed by atoms with van der Waals surface area (Å²) < 4.78 is 20.0. The number of aryl methyl sites for hydroxylation is 1. The zero-order chi connectivity index (χ0) is 13.4. The summed E-state index contributed by atoms with van der Waals surface area (Å²) in [4.78, 5) is 11.7. The molecule has 0 saturated heterocycles. The molecule has 0 aromatic heterocycles. The maximum Gasteiger partial charge on any atom is 0.304 e. The van der Waals surface area contributed by atoms with Gasteiger partial charge in [0.05, 0.1) is 13.7 Å². The van der Waals surface area contributed by atoms with E-state index in [-0.39, 0.29) is 12.5 Å². The fourth-order valence-corrected chi connectivity index (χ4v) is 1.61. The monoisotopic (exact) mass is 271 g/mol. The number of carbonyl (C=O) groups is 1. The first kappa shape index (κ1) is 14.8. The molecular formula is C12H17NO4S. The minimum atomic E-state index is -1.69. The first-order chi connectivity index (χ1) is 8.63. The standard InChI is InChI=1S/C12H17NO4S/c1-10-4-6-11(7-5-10)12(14)13-8-3-9-17-18(15)16-2/h4-7H,3,8-9H2,1-2H3,(H,13,14). The summed E-state index contributed by atoms with van der Waals surface area (Å²) in [5, 5.41) is 2.75. The Morgan fingerprint density at radius 3 is 2.61 bits per heavy atom. The van der Waals surface area contributed by atoms with Crippen LogP contribution in [0.5, 0.6) is 0 Å². The molecular weight excluding hydrogens is 254 g/mol. The van der Waals surface area contributed by atoms with E-state index in [0.29, 0.717) is 18.5 Å². The van der Waals surface area contributed by atoms with Gasteiger partial charge in [0.2, 0.25) is 0 Å². The number of benzene rings is 1. The predicted octanol–water partition coefficient (Wildman–Crippen LogP) is 1.36. The highest BCUT2D eigenvalue weighted by Gasteiger charge is 2.04. The van der Waals surface area contributed by atoms with Gasteiger partial charge in [-0.05, 0) is 25.5 Å². The van der Waals surface area contributed by atoms with E-state index in [0.717, 1.165) is 5.56 Å². The molecule has 1 rings (SSSR count). The molecule has 1 aromatic rings. The van der Waals surface area contributed by atoms with Crippen LogP contribution in [0.4, 0.5) is 0 Å². The third kappa shape index (κ3) is 5.39. The van der Waals surface area contributed by atoms with Gasteiger partial charge in [-0.2, -0.15) is 4.21 Å². The number of nitrogens with one attached hydrogen (secondary N) is 1. The van der Waals surface area contributed by atoms with Crippen molar-refractivity contribution in [3.05, 3.63) is 35.4 Å². The zero-order valence-corrected chi connectivity index (χ0v) is 11.3. The van der Waals surface area contributed by atoms with Crippen LogP contribution in [0.3, 0.4) is 0 Å². The largest absolute Gasteiger partial charge is 0.352 e. The lowest BCUT2D eigenvalue weighted by Gasteiger charge is -2.05. The average Bonchev–Trinajstić information content (AvgIpc) is 2.38. The Morgan fingerprint density at radius 1 is 1.33 bits per heavy atom. The highest BCUT2D eigenvalue weighted by Crippen LogP contribution is 2.02. The molecule has 1 amide bonds. The second-order valence-electron chi connectivity index (χ2n) is 3.67. The van der Waals surface area contributed by atoms with Crippen LogP contribution in [-0.2, 0) is 19.7 Å². The van der Waals surface area contributed by atoms with Crippen LogP contribution in [0.15, 0.2) is 24.3 Å². The molecule has 0 heterocycles. The first-order valence-electron chi connectivity index (χ1n) is 5.58. The number of amides is 1. The molecule has 0 aliphatic rings. The summed E-state index contributed by atoms with van der Waals surface area (Å²) in [6.45, 7) is 2.71. The van der Waals surface area contributed by atoms with Gasteiger partial charge >= 0.3 is 11.4 Å². The Bertz CT molecular complexity index is 405. The molecule has 1 aromatic carbocycles. The number of hydrogen-bond donors (Lipinski definition) is 1. The molecule has 5 nitrogen and oxygen atoms in total. The molecule has 1 atom stereocenters. The van der Waals surface area contributed by atoms with Crippen LogP contribution in [0.2, 0.25) is 0 Å². The van der Waals surface area contributed by atoms with E-state index < -0.39 is 11.4 Å². The Balaban J connectivity index is 2.21. The highest BCUT2D eigenvalue weighted by molar-refractivity contribution is 7.75. The van der Waals surface area contributed by atoms with Gasteiger partial charge in [0, 0.05) is 12.1 Å². The highest BCUT2D eigenvalue weighted by atomic mass is 32.2. The molecule has 1 unspecified atom stereocenters. The van der Waals surface area contributed by atoms with Crippen molar-refractivity contribution >= 4 is 17.3 Å². The summed E-state index contributed by atoms with van der Waals surface area (Å²) in [5.74, 6) is -0.122. The normalized spacial score (nSPS) is 12.1. The summed E-state index contributed by atoms with van der Waals surface area (Å²) in [6.07, 6.45) is 0.576. The van der Waals surface area contributed by atoms with E-state index in [9.17, 15) is 9.00 Å². The Morgan fingerprint density at radius 2 is 2.00 bits per heavy atom. The molecule has 0 saturated carbocycles. The predicted molar refractivity (Wildman–Crippen MR) is 69.2 cm³/mol. The SMILES string of the molecule is COS(=O)OCCCNC(=O)c1ccc(C)cc1. The van der Waals surface area contributed by atoms with Crippen molar-refractivity contribution < 1.29 is 17.4 Å². The Hall–Kier alpha value is -1.24. The van der Waals surface area contributed by atoms with Crippen molar-refractivity contribution in [2.75, 3.05) is 20.3 Å². The summed E-state index contributed by atoms with van der Waals surface area (Å²) in [6, 6.07) is 7.34. The van der Waals surface area contributed by atoms with Crippen molar-refractivity contribution in [3.8, 4) is 0 Å². The van der Waals surface area contributed by atoms with E-state index >= 15 is 0 Å². The van der Waals surface area contributed by atoms with Gasteiger partial charge in [-0.15, -0.1) is 0 Å². The van der Waals surface area contributed by atoms with Crippen LogP contribution < -0.4 is 5.32 Å². The van der Waals surface area contributed by atoms with Crippen molar-refractivity contribution in [1.82, 2.24) is 5.32 Å². The van der Waals surface area contributed by atoms with Crippen LogP contribution in [0.1, 0.15) is 22.3 Å². The van der Waals surface area contributed by atoms with Crippen LogP contribution in [-0.4, -0.2) is 30.4 Å². The topological polar surface area (TPSA) is 64.6 Å². The van der Waals surface area contributed by atoms with E-state index in [2.05, 4.69) is 9.50 Å². The summed E-state index contributed by atoms with van der Waals surface area (Å²) in [7, 11) is 1.30. The molecule has 0 radical (unpaired) electrons. The molecule has 0 aliphatic carbocycles. The van der Waals surface area contributed by atoms with E-state index in [1.165, 1.54) is 7.11 Å². The fourth-order valence-electron chi connectivity index (χ4n) is 1.26. The third-order valence-electron chi connectivity index (χ3n) is 2.24. The van der Waals surface area contributed by atoms with Crippen molar-refractivity contribution in [1.29, 1.82) is 0 Å². The number of hydrogen-bond acceptors (Lipinski definition) is 4. The number of rotatable bonds is 7. The molecule has 0 fully saturated rings. The van der Waals surface area contributed by atoms with Gasteiger partial charge in [0.15, 0.2) is 0 Å². The second kappa shape index (κ2) is 7.97. The average molecular weight is 271 g/mol. The van der Waals surface area contributed by atoms with Gasteiger partial charge in [0.1, 0.15) is 0 Å². The van der Waals surface area contributed by atoms with Gasteiger partial charge in [-0.25, -0.2) is 0 Å². The quantitative estimate of drug-likeness (QED) is 0.760. The van der Waals surface area contributed by atoms with E-state index in [4.69, 9.17) is 4.18 Å². The lowest BCUT2D eigenvalue weighted by Crippen LogP contribution is -2.25. The first-order valence-corrected chi connectivity index (χ1v) is 6.58. The molecule has 18 heavy (non-hydrogen) atoms. The lowest BCUT2D eigenvalue weighted by atomic mass is 10.1. The molecule has 0 bridgehead atoms. The smallest absolute Gasteiger partial charge is 0.304 e. The van der Waals surface area contributed by atoms with Crippen molar-refractivity contribution in [2.45, 2.75) is 13.3 Å². The Kier molecular flexibility index (Phi) is 6.56. The molecule has 0 aliphatic heterocycles. The second-order valence-corrected chi connectivity index (χ2v) is 4.65. The van der Waals surface area contributed by atoms with Crippen molar-refractivity contribution in [3.63, 3.8) is 0 Å². The summed E-state index contributed by atoms with van der Waals surface area (Å²) in [5.41, 5.74) is 1.74. The van der Waals surface area contributed by atoms with Gasteiger partial charge < -0.3 is 5.32 Å². The molecule has 1 N–H and O–H groups in total. The van der Waals surface area contributed by atoms with E-state index in [1.807, 2.05) is 19.1 Å². The van der Waals surface area contributed by atoms with Gasteiger partial charge in [-0.1, -0.05) is 17.7 Å². The minimum absolute atomic E-state index is 0.122. The molecule has 6 heteroatoms. The summed E-state index contributed by atoms with van der Waals surface area (Å²) >= 11 is -1.69. The number of carbonyl (C=O) groups excluding carboxylic acids is 1. The third-order valence-corrected chi connectivity index (χ3v) is 2.87. The maximum absolute atomic E-state index is 11.7. The zero-order valence-electron chi connectivity index (χ0n) is 10.5. The van der Waals surface area contributed by atoms with Gasteiger partial charge in [-0.3, -0.25) is 13.2 Å². The van der Waals surface area contributed by atoms with Crippen LogP contribution >= 0.6 is 0 Å². The van der Waals surface area contributed by atoms with Gasteiger partial charge in [0.25, 0.3) is 5.91 Å².